The van der Waals surface area contributed by atoms with Crippen LogP contribution in [0.4, 0.5) is 11.5 Å². The first-order valence-electron chi connectivity index (χ1n) is 11.0. The molecule has 0 fully saturated rings. The van der Waals surface area contributed by atoms with E-state index in [1.54, 1.807) is 0 Å². The van der Waals surface area contributed by atoms with Gasteiger partial charge in [0.05, 0.1) is 6.20 Å². The average molecular weight is 447 g/mol. The molecule has 0 unspecified atom stereocenters. The Kier molecular flexibility index (Phi) is 7.49. The number of nitrogen functional groups attached to an aromatic ring is 1. The molecule has 1 aliphatic heterocycles. The number of fused-ring (bicyclic) bond motifs is 1. The number of nitrogens with two attached hydrogens (primary N) is 1. The number of hydrogen-bond acceptors (Lipinski definition) is 7. The molecule has 0 aliphatic carbocycles. The van der Waals surface area contributed by atoms with Crippen molar-refractivity contribution >= 4 is 23.4 Å². The zero-order chi connectivity index (χ0) is 23.3. The number of ether oxygens (including phenoxy) is 1. The van der Waals surface area contributed by atoms with Crippen LogP contribution in [-0.2, 0) is 29.0 Å². The molecular weight excluding hydrogens is 416 g/mol. The molecule has 0 aromatic carbocycles. The summed E-state index contributed by atoms with van der Waals surface area (Å²) in [6.45, 7) is 4.43. The van der Waals surface area contributed by atoms with Crippen LogP contribution in [0.2, 0.25) is 0 Å². The Morgan fingerprint density at radius 3 is 2.75 bits per heavy atom. The van der Waals surface area contributed by atoms with Crippen molar-refractivity contribution in [2.24, 2.45) is 0 Å². The van der Waals surface area contributed by atoms with Crippen LogP contribution in [0.3, 0.4) is 0 Å². The van der Waals surface area contributed by atoms with Crippen molar-refractivity contribution < 1.29 is 14.3 Å². The quantitative estimate of drug-likeness (QED) is 0.548. The number of nitrogens with one attached hydrogen (secondary N) is 1. The van der Waals surface area contributed by atoms with E-state index >= 15 is 0 Å². The summed E-state index contributed by atoms with van der Waals surface area (Å²) in [6.07, 6.45) is 6.21. The molecule has 0 radical (unpaired) electrons. The first-order chi connectivity index (χ1) is 15.4. The topological polar surface area (TPSA) is 145 Å². The van der Waals surface area contributed by atoms with Crippen molar-refractivity contribution in [1.29, 1.82) is 0 Å². The SMILES string of the molecule is CCCCN(C(=O)COC(=O)c1cnc2n1CCCC2)c1c(N)n(CCC)c(=O)[nH]c1=O. The smallest absolute Gasteiger partial charge is 0.357 e. The highest BCUT2D eigenvalue weighted by Crippen LogP contribution is 2.19. The van der Waals surface area contributed by atoms with E-state index in [0.717, 1.165) is 31.5 Å². The number of rotatable bonds is 9. The van der Waals surface area contributed by atoms with E-state index in [4.69, 9.17) is 10.5 Å². The maximum atomic E-state index is 13.0. The minimum Gasteiger partial charge on any atom is -0.451 e. The van der Waals surface area contributed by atoms with Crippen LogP contribution < -0.4 is 21.9 Å². The van der Waals surface area contributed by atoms with Gasteiger partial charge in [0, 0.05) is 26.1 Å². The fourth-order valence-corrected chi connectivity index (χ4v) is 3.82. The highest BCUT2D eigenvalue weighted by molar-refractivity contribution is 5.98. The minimum atomic E-state index is -0.750. The first kappa shape index (κ1) is 23.3. The van der Waals surface area contributed by atoms with Gasteiger partial charge < -0.3 is 19.9 Å². The average Bonchev–Trinajstić information content (AvgIpc) is 3.21. The number of carbonyl (C=O) groups is 2. The molecule has 0 spiro atoms. The third-order valence-corrected chi connectivity index (χ3v) is 5.47. The Morgan fingerprint density at radius 2 is 2.03 bits per heavy atom. The Morgan fingerprint density at radius 1 is 1.25 bits per heavy atom. The number of esters is 1. The van der Waals surface area contributed by atoms with Gasteiger partial charge in [-0.1, -0.05) is 20.3 Å². The van der Waals surface area contributed by atoms with Crippen molar-refractivity contribution in [1.82, 2.24) is 19.1 Å². The van der Waals surface area contributed by atoms with Crippen molar-refractivity contribution in [3.8, 4) is 0 Å². The molecule has 2 aromatic rings. The van der Waals surface area contributed by atoms with Crippen LogP contribution in [0.1, 0.15) is 62.3 Å². The second kappa shape index (κ2) is 10.3. The molecule has 1 aliphatic rings. The van der Waals surface area contributed by atoms with E-state index in [-0.39, 0.29) is 18.1 Å². The van der Waals surface area contributed by atoms with Crippen molar-refractivity contribution in [3.63, 3.8) is 0 Å². The normalized spacial score (nSPS) is 12.9. The van der Waals surface area contributed by atoms with Gasteiger partial charge >= 0.3 is 11.7 Å². The van der Waals surface area contributed by atoms with E-state index in [2.05, 4.69) is 9.97 Å². The fourth-order valence-electron chi connectivity index (χ4n) is 3.82. The molecule has 0 atom stereocenters. The summed E-state index contributed by atoms with van der Waals surface area (Å²) >= 11 is 0. The highest BCUT2D eigenvalue weighted by Gasteiger charge is 2.26. The summed E-state index contributed by atoms with van der Waals surface area (Å²) in [4.78, 5) is 57.9. The Labute approximate surface area is 185 Å². The van der Waals surface area contributed by atoms with Gasteiger partial charge in [0.25, 0.3) is 11.5 Å². The van der Waals surface area contributed by atoms with E-state index in [0.29, 0.717) is 31.6 Å². The minimum absolute atomic E-state index is 0.0822. The lowest BCUT2D eigenvalue weighted by Gasteiger charge is -2.24. The summed E-state index contributed by atoms with van der Waals surface area (Å²) < 4.78 is 8.31. The number of anilines is 2. The lowest BCUT2D eigenvalue weighted by atomic mass is 10.2. The van der Waals surface area contributed by atoms with Crippen LogP contribution in [0.5, 0.6) is 0 Å². The van der Waals surface area contributed by atoms with Crippen molar-refractivity contribution in [2.45, 2.75) is 65.5 Å². The van der Waals surface area contributed by atoms with E-state index < -0.39 is 29.7 Å². The summed E-state index contributed by atoms with van der Waals surface area (Å²) in [5.74, 6) is -0.491. The molecule has 2 aromatic heterocycles. The standard InChI is InChI=1S/C21H30N6O5/c1-3-5-10-26(17-18(22)27(9-4-2)21(31)24-19(17)29)16(28)13-32-20(30)14-12-23-15-8-6-7-11-25(14)15/h12H,3-11,13,22H2,1-2H3,(H,24,29,31). The lowest BCUT2D eigenvalue weighted by Crippen LogP contribution is -2.43. The predicted octanol–water partition coefficient (Wildman–Crippen LogP) is 1.05. The number of hydrogen-bond donors (Lipinski definition) is 2. The van der Waals surface area contributed by atoms with E-state index in [1.807, 2.05) is 18.4 Å². The fraction of sp³-hybridized carbons (Fsp3) is 0.571. The number of imidazole rings is 1. The molecule has 0 bridgehead atoms. The summed E-state index contributed by atoms with van der Waals surface area (Å²) in [6, 6.07) is 0. The summed E-state index contributed by atoms with van der Waals surface area (Å²) in [5.41, 5.74) is 4.95. The van der Waals surface area contributed by atoms with Crippen LogP contribution in [0.25, 0.3) is 0 Å². The molecule has 11 nitrogen and oxygen atoms in total. The second-order valence-corrected chi connectivity index (χ2v) is 7.79. The number of H-pyrrole nitrogens is 1. The largest absolute Gasteiger partial charge is 0.451 e. The van der Waals surface area contributed by atoms with Crippen LogP contribution >= 0.6 is 0 Å². The third kappa shape index (κ3) is 4.76. The number of aromatic nitrogens is 4. The number of carbonyl (C=O) groups excluding carboxylic acids is 2. The van der Waals surface area contributed by atoms with Gasteiger partial charge in [0.15, 0.2) is 12.3 Å². The molecule has 32 heavy (non-hydrogen) atoms. The van der Waals surface area contributed by atoms with Gasteiger partial charge in [0.2, 0.25) is 0 Å². The predicted molar refractivity (Wildman–Crippen MR) is 119 cm³/mol. The molecule has 11 heteroatoms. The van der Waals surface area contributed by atoms with Gasteiger partial charge in [-0.3, -0.25) is 19.1 Å². The number of aryl methyl sites for hydroxylation is 1. The highest BCUT2D eigenvalue weighted by atomic mass is 16.5. The van der Waals surface area contributed by atoms with Crippen LogP contribution in [0, 0.1) is 0 Å². The van der Waals surface area contributed by atoms with Gasteiger partial charge in [-0.25, -0.2) is 14.6 Å². The zero-order valence-electron chi connectivity index (χ0n) is 18.6. The van der Waals surface area contributed by atoms with Gasteiger partial charge in [-0.05, 0) is 25.7 Å². The van der Waals surface area contributed by atoms with Gasteiger partial charge in [0.1, 0.15) is 17.3 Å². The van der Waals surface area contributed by atoms with Crippen molar-refractivity contribution in [2.75, 3.05) is 23.8 Å². The summed E-state index contributed by atoms with van der Waals surface area (Å²) in [7, 11) is 0. The summed E-state index contributed by atoms with van der Waals surface area (Å²) in [5, 5.41) is 0. The molecule has 3 heterocycles. The second-order valence-electron chi connectivity index (χ2n) is 7.79. The van der Waals surface area contributed by atoms with E-state index in [1.165, 1.54) is 15.7 Å². The molecule has 174 valence electrons. The first-order valence-corrected chi connectivity index (χ1v) is 11.0. The van der Waals surface area contributed by atoms with Crippen LogP contribution in [-0.4, -0.2) is 44.1 Å². The van der Waals surface area contributed by atoms with Gasteiger partial charge in [-0.2, -0.15) is 0 Å². The van der Waals surface area contributed by atoms with Crippen molar-refractivity contribution in [3.05, 3.63) is 38.6 Å². The third-order valence-electron chi connectivity index (χ3n) is 5.47. The monoisotopic (exact) mass is 446 g/mol. The van der Waals surface area contributed by atoms with Gasteiger partial charge in [-0.15, -0.1) is 0 Å². The molecule has 3 N–H and O–H groups in total. The Balaban J connectivity index is 1.82. The molecule has 3 rings (SSSR count). The Bertz CT molecular complexity index is 1100. The van der Waals surface area contributed by atoms with E-state index in [9.17, 15) is 19.2 Å². The number of unbranched alkanes of at least 4 members (excludes halogenated alkanes) is 1. The number of nitrogens with zero attached hydrogens (tertiary/aromatic N) is 4. The maximum absolute atomic E-state index is 13.0. The lowest BCUT2D eigenvalue weighted by molar-refractivity contribution is -0.121. The maximum Gasteiger partial charge on any atom is 0.357 e. The zero-order valence-corrected chi connectivity index (χ0v) is 18.6. The molecule has 0 saturated carbocycles. The number of amides is 1. The van der Waals surface area contributed by atoms with Crippen LogP contribution in [0.15, 0.2) is 15.8 Å². The number of aromatic amines is 1. The molecular formula is C21H30N6O5. The molecule has 1 amide bonds. The Hall–Kier alpha value is -3.37. The molecule has 0 saturated heterocycles.